The fraction of sp³-hybridized carbons (Fsp3) is 0.583. The first kappa shape index (κ1) is 23.5. The lowest BCUT2D eigenvalue weighted by atomic mass is 9.89. The van der Waals surface area contributed by atoms with Gasteiger partial charge in [-0.05, 0) is 71.1 Å². The van der Waals surface area contributed by atoms with Crippen LogP contribution in [0.1, 0.15) is 63.2 Å². The molecule has 1 heterocycles. The van der Waals surface area contributed by atoms with E-state index in [9.17, 15) is 9.59 Å². The number of amides is 2. The lowest BCUT2D eigenvalue weighted by molar-refractivity contribution is 0.0260. The van der Waals surface area contributed by atoms with E-state index < -0.39 is 5.60 Å². The molecule has 3 rings (SSSR count). The van der Waals surface area contributed by atoms with Crippen molar-refractivity contribution in [1.82, 2.24) is 9.80 Å². The van der Waals surface area contributed by atoms with Gasteiger partial charge in [0.05, 0.1) is 18.7 Å². The molecule has 2 atom stereocenters. The summed E-state index contributed by atoms with van der Waals surface area (Å²) in [4.78, 5) is 30.0. The van der Waals surface area contributed by atoms with Gasteiger partial charge in [-0.25, -0.2) is 4.79 Å². The largest absolute Gasteiger partial charge is 0.496 e. The molecule has 0 radical (unpaired) electrons. The minimum Gasteiger partial charge on any atom is -0.496 e. The molecule has 1 saturated heterocycles. The molecule has 1 aliphatic heterocycles. The summed E-state index contributed by atoms with van der Waals surface area (Å²) >= 11 is 6.11. The summed E-state index contributed by atoms with van der Waals surface area (Å²) in [6.07, 6.45) is 4.09. The molecule has 6 nitrogen and oxygen atoms in total. The Morgan fingerprint density at radius 3 is 2.61 bits per heavy atom. The zero-order chi connectivity index (χ0) is 22.8. The first-order valence-electron chi connectivity index (χ1n) is 10.9. The number of halogens is 1. The van der Waals surface area contributed by atoms with Crippen LogP contribution in [0.15, 0.2) is 30.4 Å². The van der Waals surface area contributed by atoms with Crippen molar-refractivity contribution < 1.29 is 19.1 Å². The van der Waals surface area contributed by atoms with Crippen LogP contribution in [0, 0.1) is 0 Å². The Morgan fingerprint density at radius 2 is 1.97 bits per heavy atom. The zero-order valence-corrected chi connectivity index (χ0v) is 19.7. The van der Waals surface area contributed by atoms with Crippen LogP contribution < -0.4 is 4.74 Å². The average Bonchev–Trinajstić information content (AvgIpc) is 3.16. The number of carbonyl (C=O) groups excluding carboxylic acids is 2. The Kier molecular flexibility index (Phi) is 7.20. The Hall–Kier alpha value is -2.21. The Morgan fingerprint density at radius 1 is 1.23 bits per heavy atom. The molecule has 0 spiro atoms. The summed E-state index contributed by atoms with van der Waals surface area (Å²) in [6, 6.07) is 5.05. The summed E-state index contributed by atoms with van der Waals surface area (Å²) in [5.41, 5.74) is 1.10. The highest BCUT2D eigenvalue weighted by Gasteiger charge is 2.39. The SMILES string of the molecule is C=C1CCCC(N(C(=O)c2ccc(Cl)cc2OC)[C@H]2CCN(C(=O)OC(C)(C)C)C2)C1. The predicted octanol–water partition coefficient (Wildman–Crippen LogP) is 5.30. The molecule has 1 aromatic carbocycles. The number of methoxy groups -OCH3 is 1. The lowest BCUT2D eigenvalue weighted by Gasteiger charge is -2.39. The average molecular weight is 449 g/mol. The standard InChI is InChI=1S/C24H33ClN2O4/c1-16-7-6-8-18(13-16)27(22(28)20-10-9-17(25)14-21(20)30-5)19-11-12-26(15-19)23(29)31-24(2,3)4/h9-10,14,18-19H,1,6-8,11-13,15H2,2-5H3/t18?,19-/m0/s1. The van der Waals surface area contributed by atoms with Gasteiger partial charge in [0.25, 0.3) is 5.91 Å². The third-order valence-electron chi connectivity index (χ3n) is 5.82. The molecule has 31 heavy (non-hydrogen) atoms. The molecule has 0 aromatic heterocycles. The van der Waals surface area contributed by atoms with Crippen LogP contribution in [-0.2, 0) is 4.74 Å². The van der Waals surface area contributed by atoms with Crippen molar-refractivity contribution in [3.05, 3.63) is 40.9 Å². The summed E-state index contributed by atoms with van der Waals surface area (Å²) in [5.74, 6) is 0.364. The van der Waals surface area contributed by atoms with Crippen molar-refractivity contribution in [2.24, 2.45) is 0 Å². The minimum atomic E-state index is -0.553. The predicted molar refractivity (Wildman–Crippen MR) is 122 cm³/mol. The van der Waals surface area contributed by atoms with Gasteiger partial charge in [-0.1, -0.05) is 23.8 Å². The third kappa shape index (κ3) is 5.73. The van der Waals surface area contributed by atoms with Crippen molar-refractivity contribution >= 4 is 23.6 Å². The first-order chi connectivity index (χ1) is 14.6. The molecule has 7 heteroatoms. The van der Waals surface area contributed by atoms with Crippen molar-refractivity contribution in [2.75, 3.05) is 20.2 Å². The number of carbonyl (C=O) groups is 2. The number of ether oxygens (including phenoxy) is 2. The van der Waals surface area contributed by atoms with Gasteiger partial charge in [0.1, 0.15) is 11.4 Å². The number of hydrogen-bond acceptors (Lipinski definition) is 4. The lowest BCUT2D eigenvalue weighted by Crippen LogP contribution is -2.50. The van der Waals surface area contributed by atoms with Crippen LogP contribution in [0.5, 0.6) is 5.75 Å². The highest BCUT2D eigenvalue weighted by molar-refractivity contribution is 6.30. The molecule has 0 bridgehead atoms. The number of rotatable bonds is 4. The maximum absolute atomic E-state index is 13.8. The summed E-state index contributed by atoms with van der Waals surface area (Å²) in [7, 11) is 1.54. The molecule has 170 valence electrons. The van der Waals surface area contributed by atoms with Crippen molar-refractivity contribution in [3.63, 3.8) is 0 Å². The number of nitrogens with zero attached hydrogens (tertiary/aromatic N) is 2. The van der Waals surface area contributed by atoms with E-state index in [0.29, 0.717) is 35.8 Å². The second kappa shape index (κ2) is 9.51. The molecule has 1 saturated carbocycles. The van der Waals surface area contributed by atoms with E-state index in [1.54, 1.807) is 23.1 Å². The van der Waals surface area contributed by atoms with Crippen LogP contribution in [0.2, 0.25) is 5.02 Å². The van der Waals surface area contributed by atoms with E-state index in [2.05, 4.69) is 6.58 Å². The number of hydrogen-bond donors (Lipinski definition) is 0. The molecule has 0 N–H and O–H groups in total. The maximum Gasteiger partial charge on any atom is 0.410 e. The second-order valence-electron chi connectivity index (χ2n) is 9.43. The van der Waals surface area contributed by atoms with Crippen LogP contribution >= 0.6 is 11.6 Å². The molecule has 1 aliphatic carbocycles. The maximum atomic E-state index is 13.8. The van der Waals surface area contributed by atoms with Gasteiger partial charge in [-0.15, -0.1) is 0 Å². The van der Waals surface area contributed by atoms with Gasteiger partial charge in [-0.3, -0.25) is 4.79 Å². The van der Waals surface area contributed by atoms with Gasteiger partial charge >= 0.3 is 6.09 Å². The summed E-state index contributed by atoms with van der Waals surface area (Å²) in [5, 5.41) is 0.517. The zero-order valence-electron chi connectivity index (χ0n) is 18.9. The van der Waals surface area contributed by atoms with Gasteiger partial charge in [0.15, 0.2) is 0 Å². The minimum absolute atomic E-state index is 0.0534. The monoisotopic (exact) mass is 448 g/mol. The van der Waals surface area contributed by atoms with E-state index in [1.807, 2.05) is 25.7 Å². The molecule has 2 aliphatic rings. The molecule has 2 fully saturated rings. The fourth-order valence-corrected chi connectivity index (χ4v) is 4.60. The van der Waals surface area contributed by atoms with Gasteiger partial charge in [-0.2, -0.15) is 0 Å². The highest BCUT2D eigenvalue weighted by Crippen LogP contribution is 2.33. The highest BCUT2D eigenvalue weighted by atomic mass is 35.5. The van der Waals surface area contributed by atoms with E-state index >= 15 is 0 Å². The van der Waals surface area contributed by atoms with Crippen LogP contribution in [-0.4, -0.2) is 59.7 Å². The van der Waals surface area contributed by atoms with Crippen molar-refractivity contribution in [1.29, 1.82) is 0 Å². The smallest absolute Gasteiger partial charge is 0.410 e. The molecule has 1 aromatic rings. The molecular formula is C24H33ClN2O4. The van der Waals surface area contributed by atoms with Crippen molar-refractivity contribution in [2.45, 2.75) is 70.6 Å². The first-order valence-corrected chi connectivity index (χ1v) is 11.3. The quantitative estimate of drug-likeness (QED) is 0.586. The van der Waals surface area contributed by atoms with Gasteiger partial charge in [0, 0.05) is 24.2 Å². The summed E-state index contributed by atoms with van der Waals surface area (Å²) < 4.78 is 11.0. The normalized spacial score (nSPS) is 21.7. The van der Waals surface area contributed by atoms with Crippen molar-refractivity contribution in [3.8, 4) is 5.75 Å². The Bertz CT molecular complexity index is 848. The van der Waals surface area contributed by atoms with E-state index in [-0.39, 0.29) is 24.1 Å². The van der Waals surface area contributed by atoms with Crippen LogP contribution in [0.25, 0.3) is 0 Å². The molecular weight excluding hydrogens is 416 g/mol. The van der Waals surface area contributed by atoms with E-state index in [0.717, 1.165) is 25.7 Å². The van der Waals surface area contributed by atoms with Crippen LogP contribution in [0.3, 0.4) is 0 Å². The number of likely N-dealkylation sites (tertiary alicyclic amines) is 1. The molecule has 1 unspecified atom stereocenters. The fourth-order valence-electron chi connectivity index (χ4n) is 4.43. The van der Waals surface area contributed by atoms with Gasteiger partial charge in [0.2, 0.25) is 0 Å². The van der Waals surface area contributed by atoms with Gasteiger partial charge < -0.3 is 19.3 Å². The Labute approximate surface area is 190 Å². The molecule has 2 amide bonds. The Balaban J connectivity index is 1.87. The van der Waals surface area contributed by atoms with E-state index in [4.69, 9.17) is 21.1 Å². The van der Waals surface area contributed by atoms with Crippen LogP contribution in [0.4, 0.5) is 4.79 Å². The third-order valence-corrected chi connectivity index (χ3v) is 6.06. The summed E-state index contributed by atoms with van der Waals surface area (Å²) in [6.45, 7) is 10.8. The number of benzene rings is 1. The topological polar surface area (TPSA) is 59.1 Å². The second-order valence-corrected chi connectivity index (χ2v) is 9.86. The van der Waals surface area contributed by atoms with E-state index in [1.165, 1.54) is 12.7 Å².